The van der Waals surface area contributed by atoms with Crippen molar-refractivity contribution in [2.45, 2.75) is 50.7 Å². The summed E-state index contributed by atoms with van der Waals surface area (Å²) in [6.45, 7) is 8.06. The maximum atomic E-state index is 13.0. The van der Waals surface area contributed by atoms with Gasteiger partial charge in [-0.05, 0) is 37.2 Å². The number of carbonyl (C=O) groups excluding carboxylic acids is 1. The number of hydrogen-bond donors (Lipinski definition) is 1. The largest absolute Gasteiger partial charge is 0.341 e. The van der Waals surface area contributed by atoms with Crippen molar-refractivity contribution in [2.75, 3.05) is 13.1 Å². The lowest BCUT2D eigenvalue weighted by Gasteiger charge is -2.37. The first-order chi connectivity index (χ1) is 11.0. The second-order valence-corrected chi connectivity index (χ2v) is 8.14. The monoisotopic (exact) mass is 334 g/mol. The quantitative estimate of drug-likeness (QED) is 0.865. The van der Waals surface area contributed by atoms with Gasteiger partial charge < -0.3 is 10.6 Å². The van der Waals surface area contributed by atoms with Crippen LogP contribution in [0.15, 0.2) is 30.3 Å². The molecule has 1 aliphatic rings. The summed E-state index contributed by atoms with van der Waals surface area (Å²) in [4.78, 5) is 15.0. The molecule has 1 fully saturated rings. The molecule has 0 saturated carbocycles. The van der Waals surface area contributed by atoms with Gasteiger partial charge in [-0.3, -0.25) is 4.79 Å². The van der Waals surface area contributed by atoms with Gasteiger partial charge in [0.2, 0.25) is 5.91 Å². The first-order valence-corrected chi connectivity index (χ1v) is 9.73. The van der Waals surface area contributed by atoms with Crippen LogP contribution in [0.1, 0.15) is 39.2 Å². The molecule has 3 atom stereocenters. The van der Waals surface area contributed by atoms with Gasteiger partial charge in [-0.15, -0.1) is 11.8 Å². The third-order valence-corrected chi connectivity index (χ3v) is 6.24. The summed E-state index contributed by atoms with van der Waals surface area (Å²) < 4.78 is 0. The van der Waals surface area contributed by atoms with E-state index in [0.29, 0.717) is 17.7 Å². The van der Waals surface area contributed by atoms with Crippen molar-refractivity contribution < 1.29 is 4.79 Å². The van der Waals surface area contributed by atoms with Crippen LogP contribution in [-0.2, 0) is 10.5 Å². The fraction of sp³-hybridized carbons (Fsp3) is 0.632. The molecule has 2 N–H and O–H groups in total. The molecule has 0 radical (unpaired) electrons. The molecule has 128 valence electrons. The topological polar surface area (TPSA) is 46.3 Å². The predicted octanol–water partition coefficient (Wildman–Crippen LogP) is 3.53. The van der Waals surface area contributed by atoms with Crippen molar-refractivity contribution in [1.29, 1.82) is 0 Å². The molecule has 1 heterocycles. The molecule has 1 saturated heterocycles. The predicted molar refractivity (Wildman–Crippen MR) is 99.3 cm³/mol. The van der Waals surface area contributed by atoms with Crippen LogP contribution in [0.3, 0.4) is 0 Å². The van der Waals surface area contributed by atoms with Crippen LogP contribution >= 0.6 is 11.8 Å². The molecule has 23 heavy (non-hydrogen) atoms. The van der Waals surface area contributed by atoms with Gasteiger partial charge in [-0.25, -0.2) is 0 Å². The SMILES string of the molecule is CC(C)C(SCc1ccccc1)C(=O)N1CCCC(C(C)N)C1. The maximum Gasteiger partial charge on any atom is 0.235 e. The van der Waals surface area contributed by atoms with E-state index in [2.05, 4.69) is 49.9 Å². The number of piperidine rings is 1. The van der Waals surface area contributed by atoms with Crippen LogP contribution in [0.5, 0.6) is 0 Å². The highest BCUT2D eigenvalue weighted by Gasteiger charge is 2.31. The lowest BCUT2D eigenvalue weighted by Crippen LogP contribution is -2.48. The van der Waals surface area contributed by atoms with Gasteiger partial charge in [0.25, 0.3) is 0 Å². The average molecular weight is 335 g/mol. The molecule has 1 amide bonds. The Kier molecular flexibility index (Phi) is 6.97. The van der Waals surface area contributed by atoms with E-state index < -0.39 is 0 Å². The minimum absolute atomic E-state index is 0.0297. The van der Waals surface area contributed by atoms with Gasteiger partial charge in [0, 0.05) is 24.9 Å². The van der Waals surface area contributed by atoms with Gasteiger partial charge in [-0.1, -0.05) is 44.2 Å². The Morgan fingerprint density at radius 2 is 2.00 bits per heavy atom. The Hall–Kier alpha value is -1.00. The van der Waals surface area contributed by atoms with Crippen molar-refractivity contribution in [3.05, 3.63) is 35.9 Å². The number of rotatable bonds is 6. The molecule has 1 aliphatic heterocycles. The summed E-state index contributed by atoms with van der Waals surface area (Å²) in [6, 6.07) is 10.6. The van der Waals surface area contributed by atoms with E-state index in [0.717, 1.165) is 31.7 Å². The van der Waals surface area contributed by atoms with Crippen molar-refractivity contribution in [3.63, 3.8) is 0 Å². The summed E-state index contributed by atoms with van der Waals surface area (Å²) in [5.41, 5.74) is 7.34. The summed E-state index contributed by atoms with van der Waals surface area (Å²) in [5, 5.41) is 0.0297. The van der Waals surface area contributed by atoms with Crippen LogP contribution in [0.2, 0.25) is 0 Å². The zero-order valence-electron chi connectivity index (χ0n) is 14.6. The van der Waals surface area contributed by atoms with Crippen molar-refractivity contribution >= 4 is 17.7 Å². The third kappa shape index (κ3) is 5.25. The third-order valence-electron chi connectivity index (χ3n) is 4.63. The van der Waals surface area contributed by atoms with Gasteiger partial charge in [0.1, 0.15) is 0 Å². The molecule has 0 aromatic heterocycles. The molecule has 4 heteroatoms. The fourth-order valence-electron chi connectivity index (χ4n) is 3.13. The number of carbonyl (C=O) groups is 1. The molecular weight excluding hydrogens is 304 g/mol. The number of thioether (sulfide) groups is 1. The van der Waals surface area contributed by atoms with E-state index in [4.69, 9.17) is 5.73 Å². The van der Waals surface area contributed by atoms with Crippen LogP contribution < -0.4 is 5.73 Å². The van der Waals surface area contributed by atoms with Crippen molar-refractivity contribution in [3.8, 4) is 0 Å². The molecule has 3 unspecified atom stereocenters. The molecule has 2 rings (SSSR count). The van der Waals surface area contributed by atoms with E-state index in [1.165, 1.54) is 5.56 Å². The van der Waals surface area contributed by atoms with E-state index >= 15 is 0 Å². The number of amides is 1. The van der Waals surface area contributed by atoms with E-state index in [1.807, 2.05) is 6.07 Å². The molecule has 0 spiro atoms. The smallest absolute Gasteiger partial charge is 0.235 e. The summed E-state index contributed by atoms with van der Waals surface area (Å²) >= 11 is 1.77. The molecule has 1 aromatic carbocycles. The van der Waals surface area contributed by atoms with Gasteiger partial charge in [0.15, 0.2) is 0 Å². The maximum absolute atomic E-state index is 13.0. The van der Waals surface area contributed by atoms with Crippen LogP contribution in [0.4, 0.5) is 0 Å². The van der Waals surface area contributed by atoms with Gasteiger partial charge in [-0.2, -0.15) is 0 Å². The minimum atomic E-state index is 0.0297. The highest BCUT2D eigenvalue weighted by Crippen LogP contribution is 2.28. The first-order valence-electron chi connectivity index (χ1n) is 8.69. The fourth-order valence-corrected chi connectivity index (χ4v) is 4.37. The Morgan fingerprint density at radius 1 is 1.30 bits per heavy atom. The highest BCUT2D eigenvalue weighted by molar-refractivity contribution is 7.99. The molecule has 0 bridgehead atoms. The first kappa shape index (κ1) is 18.3. The van der Waals surface area contributed by atoms with Crippen molar-refractivity contribution in [2.24, 2.45) is 17.6 Å². The lowest BCUT2D eigenvalue weighted by molar-refractivity contribution is -0.133. The number of hydrogen-bond acceptors (Lipinski definition) is 3. The zero-order valence-corrected chi connectivity index (χ0v) is 15.4. The van der Waals surface area contributed by atoms with Gasteiger partial charge >= 0.3 is 0 Å². The average Bonchev–Trinajstić information content (AvgIpc) is 2.55. The number of benzene rings is 1. The van der Waals surface area contributed by atoms with E-state index in [1.54, 1.807) is 11.8 Å². The Labute approximate surface area is 145 Å². The summed E-state index contributed by atoms with van der Waals surface area (Å²) in [5.74, 6) is 1.97. The second kappa shape index (κ2) is 8.74. The van der Waals surface area contributed by atoms with E-state index in [9.17, 15) is 4.79 Å². The molecule has 0 aliphatic carbocycles. The normalized spacial score (nSPS) is 21.3. The van der Waals surface area contributed by atoms with Crippen molar-refractivity contribution in [1.82, 2.24) is 4.90 Å². The summed E-state index contributed by atoms with van der Waals surface area (Å²) in [7, 11) is 0. The zero-order chi connectivity index (χ0) is 16.8. The molecule has 1 aromatic rings. The van der Waals surface area contributed by atoms with Crippen LogP contribution in [-0.4, -0.2) is 35.2 Å². The Bertz CT molecular complexity index is 489. The molecular formula is C19H30N2OS. The highest BCUT2D eigenvalue weighted by atomic mass is 32.2. The Balaban J connectivity index is 1.97. The minimum Gasteiger partial charge on any atom is -0.341 e. The lowest BCUT2D eigenvalue weighted by atomic mass is 9.91. The standard InChI is InChI=1S/C19H30N2OS/c1-14(2)18(23-13-16-8-5-4-6-9-16)19(22)21-11-7-10-17(12-21)15(3)20/h4-6,8-9,14-15,17-18H,7,10-13,20H2,1-3H3. The number of nitrogens with zero attached hydrogens (tertiary/aromatic N) is 1. The van der Waals surface area contributed by atoms with E-state index in [-0.39, 0.29) is 11.3 Å². The Morgan fingerprint density at radius 3 is 2.61 bits per heavy atom. The van der Waals surface area contributed by atoms with Crippen LogP contribution in [0.25, 0.3) is 0 Å². The van der Waals surface area contributed by atoms with Crippen LogP contribution in [0, 0.1) is 11.8 Å². The number of nitrogens with two attached hydrogens (primary N) is 1. The second-order valence-electron chi connectivity index (χ2n) is 7.01. The molecule has 3 nitrogen and oxygen atoms in total. The summed E-state index contributed by atoms with van der Waals surface area (Å²) in [6.07, 6.45) is 2.22. The van der Waals surface area contributed by atoms with Gasteiger partial charge in [0.05, 0.1) is 5.25 Å². The number of likely N-dealkylation sites (tertiary alicyclic amines) is 1.